The van der Waals surface area contributed by atoms with Gasteiger partial charge in [-0.3, -0.25) is 0 Å². The van der Waals surface area contributed by atoms with Crippen LogP contribution in [0, 0.1) is 6.92 Å². The van der Waals surface area contributed by atoms with E-state index in [-0.39, 0.29) is 0 Å². The van der Waals surface area contributed by atoms with Crippen molar-refractivity contribution in [1.29, 1.82) is 0 Å². The summed E-state index contributed by atoms with van der Waals surface area (Å²) in [6, 6.07) is 1.94. The van der Waals surface area contributed by atoms with Crippen molar-refractivity contribution >= 4 is 5.82 Å². The van der Waals surface area contributed by atoms with E-state index in [2.05, 4.69) is 4.98 Å². The number of aromatic nitrogens is 1. The molecule has 66 valence electrons. The van der Waals surface area contributed by atoms with Crippen molar-refractivity contribution in [2.45, 2.75) is 6.92 Å². The minimum Gasteiger partial charge on any atom is -0.493 e. The maximum Gasteiger partial charge on any atom is 0.171 e. The Bertz CT molecular complexity index is 271. The van der Waals surface area contributed by atoms with Gasteiger partial charge in [0.25, 0.3) is 0 Å². The molecule has 0 aliphatic carbocycles. The maximum atomic E-state index is 5.23. The molecule has 3 nitrogen and oxygen atoms in total. The zero-order valence-corrected chi connectivity index (χ0v) is 7.96. The summed E-state index contributed by atoms with van der Waals surface area (Å²) >= 11 is 0. The molecule has 0 aliphatic rings. The molecule has 0 aliphatic heterocycles. The highest BCUT2D eigenvalue weighted by atomic mass is 16.5. The van der Waals surface area contributed by atoms with E-state index in [1.54, 1.807) is 13.3 Å². The molecule has 1 aromatic heterocycles. The van der Waals surface area contributed by atoms with Crippen LogP contribution in [0.25, 0.3) is 0 Å². The van der Waals surface area contributed by atoms with Crippen LogP contribution in [-0.2, 0) is 0 Å². The van der Waals surface area contributed by atoms with E-state index in [0.717, 1.165) is 17.1 Å². The molecule has 0 N–H and O–H groups in total. The molecule has 0 saturated carbocycles. The van der Waals surface area contributed by atoms with Gasteiger partial charge in [-0.2, -0.15) is 0 Å². The Morgan fingerprint density at radius 3 is 2.50 bits per heavy atom. The molecule has 0 radical (unpaired) electrons. The van der Waals surface area contributed by atoms with Crippen molar-refractivity contribution in [2.75, 3.05) is 26.1 Å². The summed E-state index contributed by atoms with van der Waals surface area (Å²) in [4.78, 5) is 6.15. The van der Waals surface area contributed by atoms with Gasteiger partial charge in [0.15, 0.2) is 11.6 Å². The lowest BCUT2D eigenvalue weighted by Gasteiger charge is -2.16. The summed E-state index contributed by atoms with van der Waals surface area (Å²) < 4.78 is 5.23. The smallest absolute Gasteiger partial charge is 0.171 e. The first-order valence-corrected chi connectivity index (χ1v) is 3.83. The lowest BCUT2D eigenvalue weighted by Crippen LogP contribution is -2.12. The minimum absolute atomic E-state index is 0.850. The number of methoxy groups -OCH3 is 1. The molecule has 0 amide bonds. The lowest BCUT2D eigenvalue weighted by atomic mass is 10.2. The van der Waals surface area contributed by atoms with Crippen molar-refractivity contribution in [3.8, 4) is 5.75 Å². The molecule has 1 aromatic rings. The Morgan fingerprint density at radius 1 is 1.42 bits per heavy atom. The topological polar surface area (TPSA) is 25.4 Å². The zero-order chi connectivity index (χ0) is 9.14. The SMILES string of the molecule is COc1c(C)ccnc1N(C)C. The van der Waals surface area contributed by atoms with Crippen LogP contribution in [0.1, 0.15) is 5.56 Å². The third kappa shape index (κ3) is 1.49. The Balaban J connectivity index is 3.18. The van der Waals surface area contributed by atoms with E-state index in [0.29, 0.717) is 0 Å². The van der Waals surface area contributed by atoms with Gasteiger partial charge >= 0.3 is 0 Å². The molecule has 0 unspecified atom stereocenters. The minimum atomic E-state index is 0.850. The van der Waals surface area contributed by atoms with E-state index in [1.165, 1.54) is 0 Å². The van der Waals surface area contributed by atoms with E-state index < -0.39 is 0 Å². The molecular formula is C9H14N2O. The number of rotatable bonds is 2. The van der Waals surface area contributed by atoms with Crippen molar-refractivity contribution in [3.63, 3.8) is 0 Å². The molecule has 0 aromatic carbocycles. The zero-order valence-electron chi connectivity index (χ0n) is 7.96. The number of ether oxygens (including phenoxy) is 1. The molecule has 0 atom stereocenters. The van der Waals surface area contributed by atoms with Crippen LogP contribution in [0.5, 0.6) is 5.75 Å². The second kappa shape index (κ2) is 3.43. The van der Waals surface area contributed by atoms with Gasteiger partial charge in [-0.15, -0.1) is 0 Å². The highest BCUT2D eigenvalue weighted by molar-refractivity contribution is 5.54. The third-order valence-corrected chi connectivity index (χ3v) is 1.71. The highest BCUT2D eigenvalue weighted by Gasteiger charge is 2.07. The molecular weight excluding hydrogens is 152 g/mol. The van der Waals surface area contributed by atoms with Gasteiger partial charge in [0.1, 0.15) is 0 Å². The molecule has 3 heteroatoms. The van der Waals surface area contributed by atoms with Gasteiger partial charge in [0.05, 0.1) is 7.11 Å². The average molecular weight is 166 g/mol. The van der Waals surface area contributed by atoms with Crippen molar-refractivity contribution < 1.29 is 4.74 Å². The highest BCUT2D eigenvalue weighted by Crippen LogP contribution is 2.26. The molecule has 1 heterocycles. The second-order valence-corrected chi connectivity index (χ2v) is 2.88. The molecule has 0 bridgehead atoms. The van der Waals surface area contributed by atoms with Crippen LogP contribution in [-0.4, -0.2) is 26.2 Å². The Morgan fingerprint density at radius 2 is 2.08 bits per heavy atom. The fourth-order valence-corrected chi connectivity index (χ4v) is 1.10. The molecule has 0 spiro atoms. The Hall–Kier alpha value is -1.25. The number of pyridine rings is 1. The van der Waals surface area contributed by atoms with E-state index in [4.69, 9.17) is 4.74 Å². The first kappa shape index (κ1) is 8.84. The Kier molecular flexibility index (Phi) is 2.53. The fraction of sp³-hybridized carbons (Fsp3) is 0.444. The molecule has 0 saturated heterocycles. The van der Waals surface area contributed by atoms with E-state index in [1.807, 2.05) is 32.0 Å². The molecule has 1 rings (SSSR count). The summed E-state index contributed by atoms with van der Waals surface area (Å²) in [5, 5.41) is 0. The lowest BCUT2D eigenvalue weighted by molar-refractivity contribution is 0.410. The number of aryl methyl sites for hydroxylation is 1. The summed E-state index contributed by atoms with van der Waals surface area (Å²) in [7, 11) is 5.56. The third-order valence-electron chi connectivity index (χ3n) is 1.71. The normalized spacial score (nSPS) is 9.67. The first-order valence-electron chi connectivity index (χ1n) is 3.83. The quantitative estimate of drug-likeness (QED) is 0.665. The number of hydrogen-bond acceptors (Lipinski definition) is 3. The number of anilines is 1. The number of nitrogens with zero attached hydrogens (tertiary/aromatic N) is 2. The molecule has 0 fully saturated rings. The predicted molar refractivity (Wildman–Crippen MR) is 49.9 cm³/mol. The maximum absolute atomic E-state index is 5.23. The predicted octanol–water partition coefficient (Wildman–Crippen LogP) is 1.46. The van der Waals surface area contributed by atoms with Crippen LogP contribution in [0.2, 0.25) is 0 Å². The van der Waals surface area contributed by atoms with Crippen molar-refractivity contribution in [2.24, 2.45) is 0 Å². The summed E-state index contributed by atoms with van der Waals surface area (Å²) in [5.41, 5.74) is 1.11. The monoisotopic (exact) mass is 166 g/mol. The van der Waals surface area contributed by atoms with Gasteiger partial charge in [-0.1, -0.05) is 0 Å². The Labute approximate surface area is 73.0 Å². The first-order chi connectivity index (χ1) is 5.66. The summed E-state index contributed by atoms with van der Waals surface area (Å²) in [6.07, 6.45) is 1.78. The van der Waals surface area contributed by atoms with Gasteiger partial charge in [-0.25, -0.2) is 4.98 Å². The van der Waals surface area contributed by atoms with Gasteiger partial charge < -0.3 is 9.64 Å². The van der Waals surface area contributed by atoms with Crippen LogP contribution < -0.4 is 9.64 Å². The van der Waals surface area contributed by atoms with E-state index in [9.17, 15) is 0 Å². The second-order valence-electron chi connectivity index (χ2n) is 2.88. The van der Waals surface area contributed by atoms with Crippen molar-refractivity contribution in [1.82, 2.24) is 4.98 Å². The number of hydrogen-bond donors (Lipinski definition) is 0. The van der Waals surface area contributed by atoms with Crippen LogP contribution in [0.4, 0.5) is 5.82 Å². The summed E-state index contributed by atoms with van der Waals surface area (Å²) in [6.45, 7) is 2.01. The largest absolute Gasteiger partial charge is 0.493 e. The fourth-order valence-electron chi connectivity index (χ4n) is 1.10. The van der Waals surface area contributed by atoms with Crippen LogP contribution >= 0.6 is 0 Å². The van der Waals surface area contributed by atoms with Crippen molar-refractivity contribution in [3.05, 3.63) is 17.8 Å². The van der Waals surface area contributed by atoms with Gasteiger partial charge in [0.2, 0.25) is 0 Å². The van der Waals surface area contributed by atoms with Crippen LogP contribution in [0.3, 0.4) is 0 Å². The van der Waals surface area contributed by atoms with Gasteiger partial charge in [0, 0.05) is 20.3 Å². The van der Waals surface area contributed by atoms with E-state index >= 15 is 0 Å². The summed E-state index contributed by atoms with van der Waals surface area (Å²) in [5.74, 6) is 1.72. The van der Waals surface area contributed by atoms with Gasteiger partial charge in [-0.05, 0) is 18.6 Å². The standard InChI is InChI=1S/C9H14N2O/c1-7-5-6-10-9(11(2)3)8(7)12-4/h5-6H,1-4H3. The average Bonchev–Trinajstić information content (AvgIpc) is 2.03. The van der Waals surface area contributed by atoms with Crippen LogP contribution in [0.15, 0.2) is 12.3 Å². The molecule has 12 heavy (non-hydrogen) atoms.